The second kappa shape index (κ2) is 4.55. The number of carbonyl (C=O) groups is 1. The van der Waals surface area contributed by atoms with Crippen LogP contribution in [0.3, 0.4) is 0 Å². The molecule has 0 spiro atoms. The Morgan fingerprint density at radius 3 is 2.44 bits per heavy atom. The van der Waals surface area contributed by atoms with Crippen LogP contribution < -0.4 is 4.74 Å². The molecule has 0 aromatic heterocycles. The lowest BCUT2D eigenvalue weighted by atomic mass is 10.0. The third-order valence-corrected chi connectivity index (χ3v) is 2.18. The van der Waals surface area contributed by atoms with Gasteiger partial charge in [-0.25, -0.2) is 0 Å². The number of methoxy groups -OCH3 is 1. The van der Waals surface area contributed by atoms with E-state index in [4.69, 9.17) is 4.74 Å². The molecule has 0 aliphatic rings. The molecule has 0 saturated carbocycles. The Morgan fingerprint density at radius 1 is 1.38 bits per heavy atom. The fourth-order valence-corrected chi connectivity index (χ4v) is 1.36. The minimum Gasteiger partial charge on any atom is -0.496 e. The lowest BCUT2D eigenvalue weighted by Gasteiger charge is -2.10. The Balaban J connectivity index is 3.13. The fraction of sp³-hybridized carbons (Fsp3) is 0.364. The minimum absolute atomic E-state index is 0.356. The van der Waals surface area contributed by atoms with Crippen molar-refractivity contribution in [3.8, 4) is 5.75 Å². The van der Waals surface area contributed by atoms with Gasteiger partial charge in [-0.2, -0.15) is 13.2 Å². The number of carbonyl (C=O) groups excluding carboxylic acids is 1. The van der Waals surface area contributed by atoms with Gasteiger partial charge in [0.05, 0.1) is 7.11 Å². The van der Waals surface area contributed by atoms with E-state index in [-0.39, 0.29) is 5.56 Å². The summed E-state index contributed by atoms with van der Waals surface area (Å²) in [4.78, 5) is 11.0. The lowest BCUT2D eigenvalue weighted by molar-refractivity contribution is -0.0885. The Morgan fingerprint density at radius 2 is 2.00 bits per heavy atom. The molecule has 0 amide bonds. The molecule has 1 rings (SSSR count). The quantitative estimate of drug-likeness (QED) is 0.749. The van der Waals surface area contributed by atoms with Gasteiger partial charge in [-0.05, 0) is 30.2 Å². The van der Waals surface area contributed by atoms with Crippen LogP contribution in [0.15, 0.2) is 18.2 Å². The highest BCUT2D eigenvalue weighted by Gasteiger charge is 2.39. The van der Waals surface area contributed by atoms with Crippen molar-refractivity contribution in [2.24, 2.45) is 0 Å². The molecule has 1 aromatic rings. The Bertz CT molecular complexity index is 397. The summed E-state index contributed by atoms with van der Waals surface area (Å²) in [6, 6.07) is 3.71. The molecule has 0 unspecified atom stereocenters. The van der Waals surface area contributed by atoms with Gasteiger partial charge in [0.15, 0.2) is 0 Å². The predicted octanol–water partition coefficient (Wildman–Crippen LogP) is 3.00. The van der Waals surface area contributed by atoms with Gasteiger partial charge in [0.1, 0.15) is 5.75 Å². The van der Waals surface area contributed by atoms with Crippen molar-refractivity contribution in [1.82, 2.24) is 0 Å². The summed E-state index contributed by atoms with van der Waals surface area (Å²) in [5.41, 5.74) is 0.225. The summed E-state index contributed by atoms with van der Waals surface area (Å²) in [5.74, 6) is -1.34. The molecule has 0 bridgehead atoms. The van der Waals surface area contributed by atoms with Crippen LogP contribution >= 0.6 is 0 Å². The summed E-state index contributed by atoms with van der Waals surface area (Å²) in [7, 11) is 1.43. The van der Waals surface area contributed by atoms with Crippen molar-refractivity contribution < 1.29 is 22.7 Å². The third-order valence-electron chi connectivity index (χ3n) is 2.18. The van der Waals surface area contributed by atoms with E-state index in [1.54, 1.807) is 6.92 Å². The van der Waals surface area contributed by atoms with E-state index in [1.165, 1.54) is 19.2 Å². The molecule has 16 heavy (non-hydrogen) atoms. The van der Waals surface area contributed by atoms with Gasteiger partial charge in [0.25, 0.3) is 5.78 Å². The molecule has 0 atom stereocenters. The molecule has 0 fully saturated rings. The number of halogens is 3. The summed E-state index contributed by atoms with van der Waals surface area (Å²) in [6.45, 7) is 1.78. The summed E-state index contributed by atoms with van der Waals surface area (Å²) < 4.78 is 41.5. The highest BCUT2D eigenvalue weighted by Crippen LogP contribution is 2.25. The van der Waals surface area contributed by atoms with Gasteiger partial charge in [0, 0.05) is 5.56 Å². The van der Waals surface area contributed by atoms with Gasteiger partial charge in [0.2, 0.25) is 0 Å². The first-order valence-corrected chi connectivity index (χ1v) is 4.68. The van der Waals surface area contributed by atoms with Gasteiger partial charge >= 0.3 is 6.18 Å². The van der Waals surface area contributed by atoms with Crippen molar-refractivity contribution in [2.45, 2.75) is 19.5 Å². The van der Waals surface area contributed by atoms with Crippen molar-refractivity contribution in [3.63, 3.8) is 0 Å². The van der Waals surface area contributed by atoms with E-state index < -0.39 is 12.0 Å². The van der Waals surface area contributed by atoms with Crippen LogP contribution in [0.25, 0.3) is 0 Å². The lowest BCUT2D eigenvalue weighted by Crippen LogP contribution is -2.22. The topological polar surface area (TPSA) is 26.3 Å². The van der Waals surface area contributed by atoms with E-state index in [2.05, 4.69) is 0 Å². The van der Waals surface area contributed by atoms with Gasteiger partial charge < -0.3 is 4.74 Å². The van der Waals surface area contributed by atoms with Crippen molar-refractivity contribution in [3.05, 3.63) is 29.3 Å². The molecular formula is C11H11F3O2. The number of Topliss-reactive ketones (excluding diaryl/α,β-unsaturated/α-hetero) is 1. The van der Waals surface area contributed by atoms with Crippen LogP contribution in [0, 0.1) is 0 Å². The van der Waals surface area contributed by atoms with Crippen LogP contribution in [0.1, 0.15) is 22.8 Å². The molecule has 2 nitrogen and oxygen atoms in total. The van der Waals surface area contributed by atoms with Crippen LogP contribution in [-0.4, -0.2) is 19.1 Å². The van der Waals surface area contributed by atoms with E-state index in [9.17, 15) is 18.0 Å². The molecule has 0 N–H and O–H groups in total. The van der Waals surface area contributed by atoms with Gasteiger partial charge in [-0.15, -0.1) is 0 Å². The Kier molecular flexibility index (Phi) is 3.57. The highest BCUT2D eigenvalue weighted by atomic mass is 19.4. The number of ether oxygens (including phenoxy) is 1. The predicted molar refractivity (Wildman–Crippen MR) is 52.8 cm³/mol. The van der Waals surface area contributed by atoms with Crippen molar-refractivity contribution in [2.75, 3.05) is 7.11 Å². The van der Waals surface area contributed by atoms with Crippen LogP contribution in [0.2, 0.25) is 0 Å². The maximum atomic E-state index is 12.2. The number of rotatable bonds is 3. The monoisotopic (exact) mass is 232 g/mol. The second-order valence-electron chi connectivity index (χ2n) is 3.21. The average molecular weight is 232 g/mol. The zero-order valence-corrected chi connectivity index (χ0v) is 8.89. The Hall–Kier alpha value is -1.52. The first-order valence-electron chi connectivity index (χ1n) is 4.68. The maximum absolute atomic E-state index is 12.2. The van der Waals surface area contributed by atoms with Crippen molar-refractivity contribution >= 4 is 5.78 Å². The maximum Gasteiger partial charge on any atom is 0.454 e. The standard InChI is InChI=1S/C11H11F3O2/c1-3-7-6-8(4-5-9(7)16-2)10(15)11(12,13)14/h4-6H,3H2,1-2H3. The molecular weight excluding hydrogens is 221 g/mol. The van der Waals surface area contributed by atoms with Gasteiger partial charge in [-0.3, -0.25) is 4.79 Å². The molecule has 0 heterocycles. The molecule has 0 saturated heterocycles. The molecule has 0 aliphatic carbocycles. The van der Waals surface area contributed by atoms with E-state index in [1.807, 2.05) is 0 Å². The van der Waals surface area contributed by atoms with E-state index in [0.29, 0.717) is 17.7 Å². The smallest absolute Gasteiger partial charge is 0.454 e. The van der Waals surface area contributed by atoms with Crippen molar-refractivity contribution in [1.29, 1.82) is 0 Å². The largest absolute Gasteiger partial charge is 0.496 e. The van der Waals surface area contributed by atoms with E-state index in [0.717, 1.165) is 6.07 Å². The summed E-state index contributed by atoms with van der Waals surface area (Å²) in [6.07, 6.45) is -4.33. The average Bonchev–Trinajstić information content (AvgIpc) is 2.25. The zero-order chi connectivity index (χ0) is 12.3. The number of benzene rings is 1. The highest BCUT2D eigenvalue weighted by molar-refractivity contribution is 6.00. The first kappa shape index (κ1) is 12.5. The summed E-state index contributed by atoms with van der Waals surface area (Å²) in [5, 5.41) is 0. The minimum atomic E-state index is -4.83. The van der Waals surface area contributed by atoms with Crippen LogP contribution in [0.4, 0.5) is 13.2 Å². The number of ketones is 1. The van der Waals surface area contributed by atoms with Gasteiger partial charge in [-0.1, -0.05) is 6.92 Å². The van der Waals surface area contributed by atoms with Crippen LogP contribution in [0.5, 0.6) is 5.75 Å². The molecule has 5 heteroatoms. The molecule has 0 radical (unpaired) electrons. The molecule has 88 valence electrons. The fourth-order valence-electron chi connectivity index (χ4n) is 1.36. The normalized spacial score (nSPS) is 11.3. The number of hydrogen-bond acceptors (Lipinski definition) is 2. The second-order valence-corrected chi connectivity index (χ2v) is 3.21. The van der Waals surface area contributed by atoms with Crippen LogP contribution in [-0.2, 0) is 6.42 Å². The molecule has 0 aliphatic heterocycles. The first-order chi connectivity index (χ1) is 7.40. The number of hydrogen-bond donors (Lipinski definition) is 0. The third kappa shape index (κ3) is 2.53. The number of alkyl halides is 3. The number of aryl methyl sites for hydroxylation is 1. The van der Waals surface area contributed by atoms with E-state index >= 15 is 0 Å². The molecule has 1 aromatic carbocycles. The SMILES string of the molecule is CCc1cc(C(=O)C(F)(F)F)ccc1OC. The Labute approximate surface area is 91.0 Å². The zero-order valence-electron chi connectivity index (χ0n) is 8.89. The summed E-state index contributed by atoms with van der Waals surface area (Å²) >= 11 is 0.